The van der Waals surface area contributed by atoms with Gasteiger partial charge in [0.25, 0.3) is 0 Å². The van der Waals surface area contributed by atoms with Gasteiger partial charge < -0.3 is 29.5 Å². The van der Waals surface area contributed by atoms with Gasteiger partial charge in [0.15, 0.2) is 23.0 Å². The van der Waals surface area contributed by atoms with Gasteiger partial charge in [-0.2, -0.15) is 0 Å². The van der Waals surface area contributed by atoms with Gasteiger partial charge in [0.2, 0.25) is 0 Å². The van der Waals surface area contributed by atoms with Crippen molar-refractivity contribution in [3.05, 3.63) is 82.7 Å². The molecule has 4 N–H and O–H groups in total. The fourth-order valence-electron chi connectivity index (χ4n) is 3.78. The van der Waals surface area contributed by atoms with Crippen LogP contribution in [0.3, 0.4) is 0 Å². The molecular formula is C26H22NO7+. The van der Waals surface area contributed by atoms with Crippen LogP contribution in [0.2, 0.25) is 0 Å². The Balaban J connectivity index is 1.35. The summed E-state index contributed by atoms with van der Waals surface area (Å²) in [4.78, 5) is 25.6. The molecule has 172 valence electrons. The van der Waals surface area contributed by atoms with Gasteiger partial charge in [0.05, 0.1) is 10.9 Å². The summed E-state index contributed by atoms with van der Waals surface area (Å²) < 4.78 is 22.3. The third kappa shape index (κ3) is 4.31. The number of carbonyl (C=O) groups is 1. The molecule has 0 saturated heterocycles. The first-order valence-corrected chi connectivity index (χ1v) is 10.8. The maximum Gasteiger partial charge on any atom is 0.370 e. The van der Waals surface area contributed by atoms with Gasteiger partial charge in [0, 0.05) is 12.5 Å². The van der Waals surface area contributed by atoms with Crippen molar-refractivity contribution < 1.29 is 34.3 Å². The van der Waals surface area contributed by atoms with E-state index in [1.807, 2.05) is 0 Å². The first-order valence-electron chi connectivity index (χ1n) is 10.8. The number of phenolic OH excluding ortho intramolecular Hbond substituents is 1. The molecule has 1 aliphatic heterocycles. The van der Waals surface area contributed by atoms with Crippen molar-refractivity contribution in [3.8, 4) is 34.1 Å². The van der Waals surface area contributed by atoms with Crippen LogP contribution in [0.25, 0.3) is 22.1 Å². The maximum atomic E-state index is 13.1. The van der Waals surface area contributed by atoms with E-state index in [1.54, 1.807) is 54.6 Å². The Morgan fingerprint density at radius 3 is 2.56 bits per heavy atom. The number of phenols is 1. The third-order valence-corrected chi connectivity index (χ3v) is 5.57. The number of quaternary nitrogens is 1. The standard InChI is InChI=1S/C26H21NO7/c27-21(11-15-1-4-17(28)5-2-15)26(30)34-18-6-7-19-23(13-18)33-14-20(25(19)29)16-3-8-22-24(12-16)32-10-9-31-22/h1-8,12-14,21,28H,9-11,27H2/p+1. The summed E-state index contributed by atoms with van der Waals surface area (Å²) in [7, 11) is 0. The van der Waals surface area contributed by atoms with Crippen molar-refractivity contribution in [1.29, 1.82) is 0 Å². The number of esters is 1. The quantitative estimate of drug-likeness (QED) is 0.347. The number of benzene rings is 3. The average Bonchev–Trinajstić information content (AvgIpc) is 2.85. The van der Waals surface area contributed by atoms with Gasteiger partial charge in [0.1, 0.15) is 36.6 Å². The number of hydrogen-bond donors (Lipinski definition) is 2. The minimum Gasteiger partial charge on any atom is -0.508 e. The van der Waals surface area contributed by atoms with Crippen LogP contribution in [0.1, 0.15) is 5.56 Å². The Morgan fingerprint density at radius 2 is 1.76 bits per heavy atom. The summed E-state index contributed by atoms with van der Waals surface area (Å²) in [5.74, 6) is 1.12. The highest BCUT2D eigenvalue weighted by atomic mass is 16.6. The van der Waals surface area contributed by atoms with Crippen LogP contribution in [0, 0.1) is 0 Å². The van der Waals surface area contributed by atoms with Gasteiger partial charge in [-0.3, -0.25) is 4.79 Å². The zero-order valence-corrected chi connectivity index (χ0v) is 18.2. The molecule has 1 atom stereocenters. The van der Waals surface area contributed by atoms with Crippen LogP contribution >= 0.6 is 0 Å². The molecule has 0 bridgehead atoms. The number of carbonyl (C=O) groups excluding carboxylic acids is 1. The van der Waals surface area contributed by atoms with Crippen LogP contribution in [0.15, 0.2) is 76.1 Å². The lowest BCUT2D eigenvalue weighted by Crippen LogP contribution is -2.67. The van der Waals surface area contributed by atoms with Gasteiger partial charge in [-0.1, -0.05) is 18.2 Å². The number of ether oxygens (including phenoxy) is 3. The minimum absolute atomic E-state index is 0.154. The van der Waals surface area contributed by atoms with Crippen LogP contribution in [-0.4, -0.2) is 30.3 Å². The molecule has 0 aliphatic carbocycles. The maximum absolute atomic E-state index is 13.1. The highest BCUT2D eigenvalue weighted by Crippen LogP contribution is 2.34. The molecule has 3 aromatic carbocycles. The topological polar surface area (TPSA) is 123 Å². The van der Waals surface area contributed by atoms with Crippen molar-refractivity contribution >= 4 is 16.9 Å². The third-order valence-electron chi connectivity index (χ3n) is 5.57. The van der Waals surface area contributed by atoms with E-state index in [-0.39, 0.29) is 16.9 Å². The summed E-state index contributed by atoms with van der Waals surface area (Å²) in [6.07, 6.45) is 1.75. The van der Waals surface area contributed by atoms with E-state index in [4.69, 9.17) is 18.6 Å². The summed E-state index contributed by atoms with van der Waals surface area (Å²) in [5.41, 5.74) is 5.87. The van der Waals surface area contributed by atoms with Crippen LogP contribution in [-0.2, 0) is 11.2 Å². The second-order valence-corrected chi connectivity index (χ2v) is 7.98. The number of rotatable bonds is 5. The molecule has 8 nitrogen and oxygen atoms in total. The van der Waals surface area contributed by atoms with E-state index in [0.717, 1.165) is 5.56 Å². The molecule has 4 aromatic rings. The van der Waals surface area contributed by atoms with Gasteiger partial charge >= 0.3 is 5.97 Å². The van der Waals surface area contributed by atoms with Crippen molar-refractivity contribution in [2.45, 2.75) is 12.5 Å². The summed E-state index contributed by atoms with van der Waals surface area (Å²) in [6.45, 7) is 0.941. The summed E-state index contributed by atoms with van der Waals surface area (Å²) in [5, 5.41) is 9.74. The molecule has 34 heavy (non-hydrogen) atoms. The lowest BCUT2D eigenvalue weighted by Gasteiger charge is -2.18. The van der Waals surface area contributed by atoms with E-state index in [1.165, 1.54) is 12.3 Å². The van der Waals surface area contributed by atoms with Gasteiger partial charge in [-0.25, -0.2) is 4.79 Å². The molecule has 0 amide bonds. The number of aromatic hydroxyl groups is 1. The molecule has 1 aromatic heterocycles. The Kier molecular flexibility index (Phi) is 5.65. The first kappa shape index (κ1) is 21.5. The van der Waals surface area contributed by atoms with Gasteiger partial charge in [-0.05, 0) is 47.5 Å². The second kappa shape index (κ2) is 8.92. The van der Waals surface area contributed by atoms with Crippen molar-refractivity contribution in [3.63, 3.8) is 0 Å². The zero-order chi connectivity index (χ0) is 23.7. The predicted octanol–water partition coefficient (Wildman–Crippen LogP) is 2.70. The first-order chi connectivity index (χ1) is 16.5. The fraction of sp³-hybridized carbons (Fsp3) is 0.154. The monoisotopic (exact) mass is 460 g/mol. The van der Waals surface area contributed by atoms with Crippen molar-refractivity contribution in [2.75, 3.05) is 13.2 Å². The zero-order valence-electron chi connectivity index (χ0n) is 18.2. The molecule has 8 heteroatoms. The van der Waals surface area contributed by atoms with E-state index >= 15 is 0 Å². The van der Waals surface area contributed by atoms with Crippen molar-refractivity contribution in [2.24, 2.45) is 0 Å². The Bertz CT molecular complexity index is 1430. The molecule has 2 heterocycles. The molecule has 0 spiro atoms. The minimum atomic E-state index is -0.648. The van der Waals surface area contributed by atoms with Crippen LogP contribution < -0.4 is 25.4 Å². The normalized spacial score (nSPS) is 13.4. The summed E-state index contributed by atoms with van der Waals surface area (Å²) >= 11 is 0. The van der Waals surface area contributed by atoms with E-state index in [2.05, 4.69) is 5.73 Å². The lowest BCUT2D eigenvalue weighted by atomic mass is 10.0. The Hall–Kier alpha value is -4.30. The van der Waals surface area contributed by atoms with Crippen LogP contribution in [0.4, 0.5) is 0 Å². The highest BCUT2D eigenvalue weighted by Gasteiger charge is 2.21. The summed E-state index contributed by atoms with van der Waals surface area (Å²) in [6, 6.07) is 15.9. The predicted molar refractivity (Wildman–Crippen MR) is 123 cm³/mol. The van der Waals surface area contributed by atoms with Gasteiger partial charge in [-0.15, -0.1) is 0 Å². The van der Waals surface area contributed by atoms with Crippen LogP contribution in [0.5, 0.6) is 23.0 Å². The molecule has 5 rings (SSSR count). The second-order valence-electron chi connectivity index (χ2n) is 7.98. The molecule has 0 saturated carbocycles. The molecule has 1 aliphatic rings. The largest absolute Gasteiger partial charge is 0.508 e. The van der Waals surface area contributed by atoms with E-state index in [9.17, 15) is 14.7 Å². The Labute approximate surface area is 194 Å². The SMILES string of the molecule is [NH3+]C(Cc1ccc(O)cc1)C(=O)Oc1ccc2c(=O)c(-c3ccc4c(c3)OCCO4)coc2c1. The van der Waals surface area contributed by atoms with E-state index in [0.29, 0.717) is 53.2 Å². The highest BCUT2D eigenvalue weighted by molar-refractivity contribution is 5.84. The molecular weight excluding hydrogens is 438 g/mol. The number of fused-ring (bicyclic) bond motifs is 2. The molecule has 1 unspecified atom stereocenters. The molecule has 0 fully saturated rings. The Morgan fingerprint density at radius 1 is 1.00 bits per heavy atom. The molecule has 0 radical (unpaired) electrons. The van der Waals surface area contributed by atoms with Crippen molar-refractivity contribution in [1.82, 2.24) is 0 Å². The average molecular weight is 460 g/mol. The lowest BCUT2D eigenvalue weighted by molar-refractivity contribution is -0.406. The van der Waals surface area contributed by atoms with E-state index < -0.39 is 12.0 Å². The smallest absolute Gasteiger partial charge is 0.370 e. The fourth-order valence-corrected chi connectivity index (χ4v) is 3.78. The number of hydrogen-bond acceptors (Lipinski definition) is 7.